The fourth-order valence-electron chi connectivity index (χ4n) is 3.56. The van der Waals surface area contributed by atoms with Crippen LogP contribution in [0.2, 0.25) is 0 Å². The van der Waals surface area contributed by atoms with E-state index in [9.17, 15) is 22.4 Å². The zero-order valence-corrected chi connectivity index (χ0v) is 19.1. The second-order valence-corrected chi connectivity index (χ2v) is 10.1. The Balaban J connectivity index is 1.75. The lowest BCUT2D eigenvalue weighted by Gasteiger charge is -2.27. The molecule has 1 unspecified atom stereocenters. The van der Waals surface area contributed by atoms with Gasteiger partial charge in [-0.25, -0.2) is 17.7 Å². The highest BCUT2D eigenvalue weighted by molar-refractivity contribution is 9.10. The Labute approximate surface area is 193 Å². The molecule has 3 aromatic carbocycles. The molecule has 1 aliphatic heterocycles. The topological polar surface area (TPSA) is 74.8 Å². The van der Waals surface area contributed by atoms with Gasteiger partial charge in [0.2, 0.25) is 15.9 Å². The lowest BCUT2D eigenvalue weighted by Crippen LogP contribution is -2.45. The summed E-state index contributed by atoms with van der Waals surface area (Å²) in [6.07, 6.45) is -0.287. The molecule has 6 nitrogen and oxygen atoms in total. The van der Waals surface area contributed by atoms with Gasteiger partial charge in [-0.15, -0.1) is 0 Å². The summed E-state index contributed by atoms with van der Waals surface area (Å²) < 4.78 is 42.2. The van der Waals surface area contributed by atoms with Crippen molar-refractivity contribution < 1.29 is 22.4 Å². The minimum atomic E-state index is -4.15. The Kier molecular flexibility index (Phi) is 6.23. The number of imide groups is 1. The second-order valence-electron chi connectivity index (χ2n) is 7.25. The third-order valence-corrected chi connectivity index (χ3v) is 7.55. The molecule has 0 spiro atoms. The summed E-state index contributed by atoms with van der Waals surface area (Å²) in [6, 6.07) is 18.5. The van der Waals surface area contributed by atoms with E-state index in [2.05, 4.69) is 15.9 Å². The van der Waals surface area contributed by atoms with Gasteiger partial charge in [0.05, 0.1) is 17.0 Å². The van der Waals surface area contributed by atoms with Crippen LogP contribution in [0.1, 0.15) is 12.0 Å². The molecule has 9 heteroatoms. The minimum Gasteiger partial charge on any atom is -0.274 e. The molecule has 0 radical (unpaired) electrons. The fraction of sp³-hybridized carbons (Fsp3) is 0.130. The van der Waals surface area contributed by atoms with Crippen molar-refractivity contribution in [2.75, 3.05) is 4.90 Å². The number of amides is 2. The number of sulfonamides is 1. The van der Waals surface area contributed by atoms with Gasteiger partial charge in [0.15, 0.2) is 0 Å². The Morgan fingerprint density at radius 3 is 2.19 bits per heavy atom. The lowest BCUT2D eigenvalue weighted by atomic mass is 10.2. The monoisotopic (exact) mass is 516 g/mol. The summed E-state index contributed by atoms with van der Waals surface area (Å²) in [5.74, 6) is -1.57. The first-order chi connectivity index (χ1) is 15.3. The van der Waals surface area contributed by atoms with Crippen molar-refractivity contribution in [3.63, 3.8) is 0 Å². The predicted molar refractivity (Wildman–Crippen MR) is 121 cm³/mol. The number of anilines is 1. The highest BCUT2D eigenvalue weighted by Gasteiger charge is 2.46. The van der Waals surface area contributed by atoms with Crippen molar-refractivity contribution in [1.82, 2.24) is 4.31 Å². The van der Waals surface area contributed by atoms with Crippen LogP contribution in [0.25, 0.3) is 0 Å². The maximum atomic E-state index is 13.6. The number of nitrogens with zero attached hydrogens (tertiary/aromatic N) is 2. The maximum Gasteiger partial charge on any atom is 0.252 e. The third-order valence-electron chi connectivity index (χ3n) is 5.16. The Morgan fingerprint density at radius 1 is 0.938 bits per heavy atom. The molecule has 1 aliphatic rings. The Morgan fingerprint density at radius 2 is 1.56 bits per heavy atom. The molecular formula is C23H18BrFN2O4S. The van der Waals surface area contributed by atoms with Crippen LogP contribution in [0.4, 0.5) is 10.1 Å². The SMILES string of the molecule is O=C1CC(N(Cc2ccc(F)cc2)S(=O)(=O)c2ccc(Br)cc2)C(=O)N1c1ccccc1. The molecule has 1 atom stereocenters. The Bertz CT molecular complexity index is 1250. The van der Waals surface area contributed by atoms with Crippen LogP contribution in [-0.4, -0.2) is 30.6 Å². The first kappa shape index (κ1) is 22.3. The van der Waals surface area contributed by atoms with Gasteiger partial charge in [0.25, 0.3) is 5.91 Å². The maximum absolute atomic E-state index is 13.6. The zero-order chi connectivity index (χ0) is 22.9. The van der Waals surface area contributed by atoms with E-state index >= 15 is 0 Å². The summed E-state index contributed by atoms with van der Waals surface area (Å²) in [5.41, 5.74) is 0.873. The van der Waals surface area contributed by atoms with E-state index in [-0.39, 0.29) is 17.9 Å². The summed E-state index contributed by atoms with van der Waals surface area (Å²) in [7, 11) is -4.15. The number of hydrogen-bond donors (Lipinski definition) is 0. The van der Waals surface area contributed by atoms with Crippen LogP contribution < -0.4 is 4.90 Å². The highest BCUT2D eigenvalue weighted by Crippen LogP contribution is 2.31. The van der Waals surface area contributed by atoms with Crippen molar-refractivity contribution in [2.24, 2.45) is 0 Å². The molecule has 1 saturated heterocycles. The number of rotatable bonds is 6. The van der Waals surface area contributed by atoms with Crippen molar-refractivity contribution in [2.45, 2.75) is 23.9 Å². The summed E-state index contributed by atoms with van der Waals surface area (Å²) in [5, 5.41) is 0. The van der Waals surface area contributed by atoms with E-state index in [4.69, 9.17) is 0 Å². The second kappa shape index (κ2) is 8.93. The van der Waals surface area contributed by atoms with E-state index in [1.165, 1.54) is 36.4 Å². The zero-order valence-electron chi connectivity index (χ0n) is 16.7. The normalized spacial score (nSPS) is 16.7. The fourth-order valence-corrected chi connectivity index (χ4v) is 5.40. The average Bonchev–Trinajstić information content (AvgIpc) is 3.07. The number of halogens is 2. The van der Waals surface area contributed by atoms with Gasteiger partial charge < -0.3 is 0 Å². The van der Waals surface area contributed by atoms with Gasteiger partial charge in [0.1, 0.15) is 11.9 Å². The first-order valence-electron chi connectivity index (χ1n) is 9.71. The molecule has 1 heterocycles. The molecule has 0 bridgehead atoms. The highest BCUT2D eigenvalue weighted by atomic mass is 79.9. The average molecular weight is 517 g/mol. The third kappa shape index (κ3) is 4.36. The van der Waals surface area contributed by atoms with Crippen molar-refractivity contribution in [1.29, 1.82) is 0 Å². The lowest BCUT2D eigenvalue weighted by molar-refractivity contribution is -0.122. The van der Waals surface area contributed by atoms with Crippen molar-refractivity contribution in [3.8, 4) is 0 Å². The van der Waals surface area contributed by atoms with E-state index in [0.29, 0.717) is 15.7 Å². The van der Waals surface area contributed by atoms with Crippen molar-refractivity contribution in [3.05, 3.63) is 94.7 Å². The Hall–Kier alpha value is -2.88. The quantitative estimate of drug-likeness (QED) is 0.462. The van der Waals surface area contributed by atoms with Gasteiger partial charge in [-0.05, 0) is 54.1 Å². The van der Waals surface area contributed by atoms with Gasteiger partial charge >= 0.3 is 0 Å². The number of para-hydroxylation sites is 1. The molecule has 1 fully saturated rings. The van der Waals surface area contributed by atoms with Gasteiger partial charge in [-0.3, -0.25) is 9.59 Å². The molecule has 4 rings (SSSR count). The summed E-state index contributed by atoms with van der Waals surface area (Å²) >= 11 is 3.28. The van der Waals surface area contributed by atoms with Gasteiger partial charge in [-0.2, -0.15) is 4.31 Å². The van der Waals surface area contributed by atoms with E-state index < -0.39 is 33.7 Å². The standard InChI is InChI=1S/C23H18BrFN2O4S/c24-17-8-12-20(13-9-17)32(30,31)26(15-16-6-10-18(25)11-7-16)21-14-22(28)27(23(21)29)19-4-2-1-3-5-19/h1-13,21H,14-15H2. The number of hydrogen-bond acceptors (Lipinski definition) is 4. The molecule has 164 valence electrons. The van der Waals surface area contributed by atoms with E-state index in [0.717, 1.165) is 9.21 Å². The molecule has 0 aromatic heterocycles. The molecule has 32 heavy (non-hydrogen) atoms. The predicted octanol–water partition coefficient (Wildman–Crippen LogP) is 4.11. The largest absolute Gasteiger partial charge is 0.274 e. The van der Waals surface area contributed by atoms with Gasteiger partial charge in [-0.1, -0.05) is 46.3 Å². The first-order valence-corrected chi connectivity index (χ1v) is 11.9. The van der Waals surface area contributed by atoms with Crippen LogP contribution in [0.15, 0.2) is 88.2 Å². The van der Waals surface area contributed by atoms with E-state index in [1.807, 2.05) is 0 Å². The van der Waals surface area contributed by atoms with Crippen molar-refractivity contribution >= 4 is 43.5 Å². The number of carbonyl (C=O) groups is 2. The van der Waals surface area contributed by atoms with Crippen LogP contribution in [-0.2, 0) is 26.2 Å². The van der Waals surface area contributed by atoms with E-state index in [1.54, 1.807) is 42.5 Å². The molecule has 0 saturated carbocycles. The van der Waals surface area contributed by atoms with Gasteiger partial charge in [0, 0.05) is 11.0 Å². The minimum absolute atomic E-state index is 0.0128. The molecule has 2 amide bonds. The smallest absolute Gasteiger partial charge is 0.252 e. The molecule has 3 aromatic rings. The summed E-state index contributed by atoms with van der Waals surface area (Å²) in [6.45, 7) is -0.189. The molecular weight excluding hydrogens is 499 g/mol. The molecule has 0 N–H and O–H groups in total. The number of benzene rings is 3. The molecule has 0 aliphatic carbocycles. The summed E-state index contributed by atoms with van der Waals surface area (Å²) in [4.78, 5) is 27.0. The number of carbonyl (C=O) groups excluding carboxylic acids is 2. The van der Waals surface area contributed by atoms with Crippen LogP contribution in [0.3, 0.4) is 0 Å². The van der Waals surface area contributed by atoms with Crippen LogP contribution >= 0.6 is 15.9 Å². The van der Waals surface area contributed by atoms with Crippen LogP contribution in [0, 0.1) is 5.82 Å². The van der Waals surface area contributed by atoms with Crippen LogP contribution in [0.5, 0.6) is 0 Å².